The van der Waals surface area contributed by atoms with E-state index in [1.54, 1.807) is 18.0 Å². The zero-order chi connectivity index (χ0) is 13.2. The average molecular weight is 258 g/mol. The normalized spacial score (nSPS) is 19.1. The van der Waals surface area contributed by atoms with Gasteiger partial charge >= 0.3 is 0 Å². The third-order valence-electron chi connectivity index (χ3n) is 3.19. The highest BCUT2D eigenvalue weighted by molar-refractivity contribution is 5.79. The van der Waals surface area contributed by atoms with E-state index in [9.17, 15) is 4.79 Å². The third kappa shape index (κ3) is 2.47. The third-order valence-corrected chi connectivity index (χ3v) is 3.19. The molecule has 0 N–H and O–H groups in total. The van der Waals surface area contributed by atoms with E-state index >= 15 is 0 Å². The zero-order valence-corrected chi connectivity index (χ0v) is 10.6. The van der Waals surface area contributed by atoms with Crippen molar-refractivity contribution in [1.82, 2.24) is 20.0 Å². The summed E-state index contributed by atoms with van der Waals surface area (Å²) in [5, 5.41) is 3.77. The second-order valence-corrected chi connectivity index (χ2v) is 4.68. The fourth-order valence-corrected chi connectivity index (χ4v) is 2.26. The van der Waals surface area contributed by atoms with Crippen LogP contribution in [0.1, 0.15) is 29.7 Å². The van der Waals surface area contributed by atoms with Gasteiger partial charge in [-0.2, -0.15) is 4.98 Å². The number of nitrogens with zero attached hydrogens (tertiary/aromatic N) is 4. The highest BCUT2D eigenvalue weighted by atomic mass is 16.5. The zero-order valence-electron chi connectivity index (χ0n) is 10.6. The van der Waals surface area contributed by atoms with Crippen LogP contribution in [-0.2, 0) is 11.3 Å². The number of likely N-dealkylation sites (tertiary alicyclic amines) is 1. The molecular formula is C13H14N4O2. The Morgan fingerprint density at radius 3 is 3.05 bits per heavy atom. The Morgan fingerprint density at radius 2 is 2.37 bits per heavy atom. The smallest absolute Gasteiger partial charge is 0.232 e. The number of carbonyl (C=O) groups is 1. The summed E-state index contributed by atoms with van der Waals surface area (Å²) in [6.45, 7) is 2.91. The van der Waals surface area contributed by atoms with Crippen LogP contribution in [-0.4, -0.2) is 32.5 Å². The maximum absolute atomic E-state index is 12.0. The van der Waals surface area contributed by atoms with Crippen molar-refractivity contribution in [1.29, 1.82) is 0 Å². The van der Waals surface area contributed by atoms with Gasteiger partial charge in [-0.25, -0.2) is 0 Å². The number of hydrogen-bond donors (Lipinski definition) is 0. The molecule has 1 amide bonds. The van der Waals surface area contributed by atoms with E-state index in [1.165, 1.54) is 0 Å². The summed E-state index contributed by atoms with van der Waals surface area (Å²) in [6, 6.07) is 5.69. The molecule has 3 rings (SSSR count). The number of aryl methyl sites for hydroxylation is 1. The highest BCUT2D eigenvalue weighted by Gasteiger charge is 2.34. The molecule has 1 aliphatic heterocycles. The Bertz CT molecular complexity index is 581. The Morgan fingerprint density at radius 1 is 1.47 bits per heavy atom. The fraction of sp³-hybridized carbons (Fsp3) is 0.385. The van der Waals surface area contributed by atoms with Gasteiger partial charge < -0.3 is 9.42 Å². The number of hydrogen-bond acceptors (Lipinski definition) is 5. The number of pyridine rings is 1. The van der Waals surface area contributed by atoms with Crippen molar-refractivity contribution < 1.29 is 9.32 Å². The van der Waals surface area contributed by atoms with Crippen molar-refractivity contribution in [2.45, 2.75) is 25.8 Å². The number of aromatic nitrogens is 3. The first-order valence-electron chi connectivity index (χ1n) is 6.20. The van der Waals surface area contributed by atoms with Gasteiger partial charge in [0.15, 0.2) is 5.82 Å². The van der Waals surface area contributed by atoms with Gasteiger partial charge in [-0.05, 0) is 19.1 Å². The summed E-state index contributed by atoms with van der Waals surface area (Å²) in [5.74, 6) is 1.25. The van der Waals surface area contributed by atoms with Crippen molar-refractivity contribution in [3.05, 3.63) is 41.8 Å². The topological polar surface area (TPSA) is 72.1 Å². The van der Waals surface area contributed by atoms with Gasteiger partial charge in [-0.15, -0.1) is 0 Å². The first-order chi connectivity index (χ1) is 9.22. The van der Waals surface area contributed by atoms with E-state index in [1.807, 2.05) is 18.2 Å². The first-order valence-corrected chi connectivity index (χ1v) is 6.20. The minimum absolute atomic E-state index is 0.00240. The monoisotopic (exact) mass is 258 g/mol. The van der Waals surface area contributed by atoms with Crippen LogP contribution in [0.2, 0.25) is 0 Å². The van der Waals surface area contributed by atoms with Gasteiger partial charge in [-0.3, -0.25) is 9.78 Å². The molecule has 98 valence electrons. The Balaban J connectivity index is 1.70. The van der Waals surface area contributed by atoms with Crippen LogP contribution in [0.3, 0.4) is 0 Å². The fourth-order valence-electron chi connectivity index (χ4n) is 2.26. The number of carbonyl (C=O) groups excluding carboxylic acids is 1. The van der Waals surface area contributed by atoms with E-state index in [-0.39, 0.29) is 11.8 Å². The second kappa shape index (κ2) is 4.79. The molecule has 0 aromatic carbocycles. The number of rotatable bonds is 3. The Labute approximate surface area is 110 Å². The molecule has 0 bridgehead atoms. The van der Waals surface area contributed by atoms with Crippen LogP contribution < -0.4 is 0 Å². The maximum Gasteiger partial charge on any atom is 0.232 e. The molecular weight excluding hydrogens is 244 g/mol. The summed E-state index contributed by atoms with van der Waals surface area (Å²) >= 11 is 0. The van der Waals surface area contributed by atoms with Gasteiger partial charge in [0.2, 0.25) is 11.8 Å². The second-order valence-electron chi connectivity index (χ2n) is 4.68. The van der Waals surface area contributed by atoms with Crippen molar-refractivity contribution >= 4 is 5.91 Å². The van der Waals surface area contributed by atoms with E-state index in [0.717, 1.165) is 5.69 Å². The van der Waals surface area contributed by atoms with Gasteiger partial charge in [0.1, 0.15) is 0 Å². The van der Waals surface area contributed by atoms with Gasteiger partial charge in [-0.1, -0.05) is 11.2 Å². The Hall–Kier alpha value is -2.24. The molecule has 0 aliphatic carbocycles. The van der Waals surface area contributed by atoms with Crippen LogP contribution in [0.5, 0.6) is 0 Å². The molecule has 1 aliphatic rings. The Kier molecular flexibility index (Phi) is 2.98. The summed E-state index contributed by atoms with van der Waals surface area (Å²) < 4.78 is 5.14. The molecule has 0 saturated carbocycles. The quantitative estimate of drug-likeness (QED) is 0.829. The molecule has 1 atom stereocenters. The van der Waals surface area contributed by atoms with Crippen LogP contribution in [0, 0.1) is 6.92 Å². The molecule has 1 fully saturated rings. The van der Waals surface area contributed by atoms with Gasteiger partial charge in [0.25, 0.3) is 0 Å². The highest BCUT2D eigenvalue weighted by Crippen LogP contribution is 2.27. The average Bonchev–Trinajstić information content (AvgIpc) is 2.98. The van der Waals surface area contributed by atoms with E-state index in [2.05, 4.69) is 15.1 Å². The lowest BCUT2D eigenvalue weighted by atomic mass is 10.1. The maximum atomic E-state index is 12.0. The molecule has 6 heteroatoms. The minimum Gasteiger partial charge on any atom is -0.339 e. The lowest BCUT2D eigenvalue weighted by Crippen LogP contribution is -2.24. The van der Waals surface area contributed by atoms with Crippen molar-refractivity contribution in [2.75, 3.05) is 6.54 Å². The van der Waals surface area contributed by atoms with Crippen molar-refractivity contribution in [2.24, 2.45) is 0 Å². The SMILES string of the molecule is Cc1noc([C@@H]2CC(=O)N(Cc3ccccn3)C2)n1. The van der Waals surface area contributed by atoms with E-state index in [0.29, 0.717) is 31.2 Å². The van der Waals surface area contributed by atoms with E-state index < -0.39 is 0 Å². The minimum atomic E-state index is -0.00240. The molecule has 0 spiro atoms. The van der Waals surface area contributed by atoms with Crippen LogP contribution in [0.25, 0.3) is 0 Å². The summed E-state index contributed by atoms with van der Waals surface area (Å²) in [4.78, 5) is 22.2. The molecule has 19 heavy (non-hydrogen) atoms. The van der Waals surface area contributed by atoms with Crippen LogP contribution in [0.4, 0.5) is 0 Å². The first kappa shape index (κ1) is 11.8. The van der Waals surface area contributed by atoms with Crippen LogP contribution >= 0.6 is 0 Å². The summed E-state index contributed by atoms with van der Waals surface area (Å²) in [7, 11) is 0. The molecule has 2 aromatic rings. The lowest BCUT2D eigenvalue weighted by molar-refractivity contribution is -0.128. The summed E-state index contributed by atoms with van der Waals surface area (Å²) in [5.41, 5.74) is 0.887. The predicted molar refractivity (Wildman–Crippen MR) is 66.0 cm³/mol. The largest absolute Gasteiger partial charge is 0.339 e. The van der Waals surface area contributed by atoms with Crippen molar-refractivity contribution in [3.63, 3.8) is 0 Å². The van der Waals surface area contributed by atoms with E-state index in [4.69, 9.17) is 4.52 Å². The standard InChI is InChI=1S/C13H14N4O2/c1-9-15-13(19-16-9)10-6-12(18)17(7-10)8-11-4-2-3-5-14-11/h2-5,10H,6-8H2,1H3/t10-/m1/s1. The summed E-state index contributed by atoms with van der Waals surface area (Å²) in [6.07, 6.45) is 2.16. The predicted octanol–water partition coefficient (Wildman–Crippen LogP) is 1.29. The molecule has 1 saturated heterocycles. The molecule has 2 aromatic heterocycles. The lowest BCUT2D eigenvalue weighted by Gasteiger charge is -2.15. The van der Waals surface area contributed by atoms with Crippen molar-refractivity contribution in [3.8, 4) is 0 Å². The molecule has 3 heterocycles. The molecule has 6 nitrogen and oxygen atoms in total. The van der Waals surface area contributed by atoms with Crippen LogP contribution in [0.15, 0.2) is 28.9 Å². The molecule has 0 unspecified atom stereocenters. The van der Waals surface area contributed by atoms with Gasteiger partial charge in [0.05, 0.1) is 18.2 Å². The molecule has 0 radical (unpaired) electrons. The van der Waals surface area contributed by atoms with Gasteiger partial charge in [0, 0.05) is 19.2 Å². The number of amides is 1.